The number of hydrogen-bond donors (Lipinski definition) is 1. The minimum absolute atomic E-state index is 0.0580. The van der Waals surface area contributed by atoms with Gasteiger partial charge >= 0.3 is 6.09 Å². The highest BCUT2D eigenvalue weighted by atomic mass is 16.6. The molecule has 1 N–H and O–H groups in total. The molecule has 0 radical (unpaired) electrons. The number of benzene rings is 3. The van der Waals surface area contributed by atoms with Crippen LogP contribution >= 0.6 is 0 Å². The van der Waals surface area contributed by atoms with Crippen LogP contribution in [-0.2, 0) is 9.53 Å². The summed E-state index contributed by atoms with van der Waals surface area (Å²) in [4.78, 5) is 29.0. The van der Waals surface area contributed by atoms with Gasteiger partial charge in [0.25, 0.3) is 11.6 Å². The zero-order chi connectivity index (χ0) is 22.3. The van der Waals surface area contributed by atoms with E-state index in [-0.39, 0.29) is 6.61 Å². The first-order chi connectivity index (χ1) is 15.6. The van der Waals surface area contributed by atoms with Crippen LogP contribution in [0.4, 0.5) is 10.5 Å². The molecule has 7 heteroatoms. The molecular formula is C25H22N2O5. The third-order valence-corrected chi connectivity index (χ3v) is 6.06. The van der Waals surface area contributed by atoms with E-state index in [0.29, 0.717) is 17.0 Å². The third kappa shape index (κ3) is 2.93. The van der Waals surface area contributed by atoms with Gasteiger partial charge in [0.05, 0.1) is 13.2 Å². The van der Waals surface area contributed by atoms with E-state index in [1.165, 1.54) is 9.80 Å². The quantitative estimate of drug-likeness (QED) is 0.625. The van der Waals surface area contributed by atoms with Crippen LogP contribution in [0.1, 0.15) is 23.2 Å². The van der Waals surface area contributed by atoms with Crippen LogP contribution in [0.5, 0.6) is 5.75 Å². The average Bonchev–Trinajstić information content (AvgIpc) is 3.24. The molecule has 2 aliphatic heterocycles. The van der Waals surface area contributed by atoms with Gasteiger partial charge in [0.2, 0.25) is 0 Å². The summed E-state index contributed by atoms with van der Waals surface area (Å²) < 4.78 is 10.5. The first-order valence-corrected chi connectivity index (χ1v) is 10.3. The Kier molecular flexibility index (Phi) is 4.83. The molecular weight excluding hydrogens is 408 g/mol. The van der Waals surface area contributed by atoms with Crippen LogP contribution in [0.3, 0.4) is 0 Å². The van der Waals surface area contributed by atoms with Crippen molar-refractivity contribution in [1.29, 1.82) is 0 Å². The number of methoxy groups -OCH3 is 1. The second-order valence-electron chi connectivity index (χ2n) is 7.79. The fraction of sp³-hybridized carbons (Fsp3) is 0.200. The summed E-state index contributed by atoms with van der Waals surface area (Å²) in [5.41, 5.74) is -0.000547. The second kappa shape index (κ2) is 7.69. The average molecular weight is 430 g/mol. The topological polar surface area (TPSA) is 79.3 Å². The molecule has 3 aromatic carbocycles. The summed E-state index contributed by atoms with van der Waals surface area (Å²) in [6.07, 6.45) is -0.718. The minimum atomic E-state index is -2.09. The molecule has 0 spiro atoms. The predicted octanol–water partition coefficient (Wildman–Crippen LogP) is 3.67. The standard InChI is InChI=1S/C25H22N2O5/c1-31-20-14-12-19(13-15-20)26-22(18-10-6-3-7-11-18)25(30,23(26)28)27-21(16-32-24(27)29)17-8-4-2-5-9-17/h2-15,21-22,30H,16H2,1H3/t21-,22-,25?/m0/s1. The Bertz CT molecular complexity index is 1140. The Morgan fingerprint density at radius 1 is 0.906 bits per heavy atom. The molecule has 3 atom stereocenters. The van der Waals surface area contributed by atoms with Gasteiger partial charge in [-0.05, 0) is 35.4 Å². The first-order valence-electron chi connectivity index (χ1n) is 10.3. The molecule has 2 fully saturated rings. The number of hydrogen-bond acceptors (Lipinski definition) is 5. The lowest BCUT2D eigenvalue weighted by molar-refractivity contribution is -0.182. The minimum Gasteiger partial charge on any atom is -0.497 e. The Morgan fingerprint density at radius 2 is 1.50 bits per heavy atom. The van der Waals surface area contributed by atoms with E-state index in [2.05, 4.69) is 0 Å². The number of cyclic esters (lactones) is 1. The van der Waals surface area contributed by atoms with E-state index in [4.69, 9.17) is 9.47 Å². The van der Waals surface area contributed by atoms with Gasteiger partial charge in [-0.15, -0.1) is 0 Å². The Labute approximate surface area is 185 Å². The van der Waals surface area contributed by atoms with E-state index in [1.54, 1.807) is 31.4 Å². The second-order valence-corrected chi connectivity index (χ2v) is 7.79. The van der Waals surface area contributed by atoms with Gasteiger partial charge in [0, 0.05) is 5.69 Å². The SMILES string of the molecule is COc1ccc(N2C(=O)C(O)(N3C(=O)OC[C@H]3c3ccccc3)[C@@H]2c2ccccc2)cc1. The maximum atomic E-state index is 13.5. The lowest BCUT2D eigenvalue weighted by Gasteiger charge is -2.56. The highest BCUT2D eigenvalue weighted by Gasteiger charge is 2.68. The van der Waals surface area contributed by atoms with Crippen LogP contribution < -0.4 is 9.64 Å². The van der Waals surface area contributed by atoms with Crippen molar-refractivity contribution in [3.63, 3.8) is 0 Å². The molecule has 2 aliphatic rings. The molecule has 3 aromatic rings. The van der Waals surface area contributed by atoms with Gasteiger partial charge in [-0.1, -0.05) is 60.7 Å². The van der Waals surface area contributed by atoms with Crippen molar-refractivity contribution in [2.75, 3.05) is 18.6 Å². The molecule has 0 aromatic heterocycles. The van der Waals surface area contributed by atoms with Crippen LogP contribution in [-0.4, -0.2) is 41.4 Å². The number of amides is 2. The Morgan fingerprint density at radius 3 is 2.09 bits per heavy atom. The summed E-state index contributed by atoms with van der Waals surface area (Å²) in [5, 5.41) is 11.8. The van der Waals surface area contributed by atoms with Gasteiger partial charge in [-0.3, -0.25) is 14.6 Å². The zero-order valence-electron chi connectivity index (χ0n) is 17.4. The highest BCUT2D eigenvalue weighted by molar-refractivity contribution is 6.09. The van der Waals surface area contributed by atoms with E-state index in [9.17, 15) is 14.7 Å². The summed E-state index contributed by atoms with van der Waals surface area (Å²) >= 11 is 0. The summed E-state index contributed by atoms with van der Waals surface area (Å²) in [6, 6.07) is 24.1. The predicted molar refractivity (Wildman–Crippen MR) is 117 cm³/mol. The lowest BCUT2D eigenvalue weighted by atomic mass is 9.81. The molecule has 2 heterocycles. The van der Waals surface area contributed by atoms with Gasteiger partial charge in [0.1, 0.15) is 18.4 Å². The van der Waals surface area contributed by atoms with Crippen LogP contribution in [0, 0.1) is 0 Å². The molecule has 0 saturated carbocycles. The summed E-state index contributed by atoms with van der Waals surface area (Å²) in [7, 11) is 1.57. The van der Waals surface area contributed by atoms with Crippen molar-refractivity contribution in [3.05, 3.63) is 96.1 Å². The molecule has 1 unspecified atom stereocenters. The van der Waals surface area contributed by atoms with Crippen molar-refractivity contribution >= 4 is 17.7 Å². The number of aliphatic hydroxyl groups is 1. The number of ether oxygens (including phenoxy) is 2. The van der Waals surface area contributed by atoms with Crippen molar-refractivity contribution in [2.45, 2.75) is 17.8 Å². The molecule has 7 nitrogen and oxygen atoms in total. The number of carbonyl (C=O) groups excluding carboxylic acids is 2. The van der Waals surface area contributed by atoms with Crippen molar-refractivity contribution in [2.24, 2.45) is 0 Å². The maximum Gasteiger partial charge on any atom is 0.413 e. The molecule has 0 aliphatic carbocycles. The number of anilines is 1. The van der Waals surface area contributed by atoms with E-state index in [1.807, 2.05) is 60.7 Å². The van der Waals surface area contributed by atoms with Gasteiger partial charge in [0.15, 0.2) is 0 Å². The van der Waals surface area contributed by atoms with E-state index >= 15 is 0 Å². The van der Waals surface area contributed by atoms with Crippen LogP contribution in [0.15, 0.2) is 84.9 Å². The summed E-state index contributed by atoms with van der Waals surface area (Å²) in [5.74, 6) is 0.0665. The molecule has 2 saturated heterocycles. The zero-order valence-corrected chi connectivity index (χ0v) is 17.4. The lowest BCUT2D eigenvalue weighted by Crippen LogP contribution is -2.76. The molecule has 5 rings (SSSR count). The van der Waals surface area contributed by atoms with Crippen LogP contribution in [0.2, 0.25) is 0 Å². The first kappa shape index (κ1) is 20.1. The molecule has 162 valence electrons. The molecule has 32 heavy (non-hydrogen) atoms. The van der Waals surface area contributed by atoms with Crippen molar-refractivity contribution in [3.8, 4) is 5.75 Å². The normalized spacial score (nSPS) is 24.8. The van der Waals surface area contributed by atoms with Crippen molar-refractivity contribution in [1.82, 2.24) is 4.90 Å². The van der Waals surface area contributed by atoms with Gasteiger partial charge < -0.3 is 14.6 Å². The number of rotatable bonds is 5. The summed E-state index contributed by atoms with van der Waals surface area (Å²) in [6.45, 7) is 0.0580. The van der Waals surface area contributed by atoms with E-state index in [0.717, 1.165) is 5.56 Å². The largest absolute Gasteiger partial charge is 0.497 e. The highest BCUT2D eigenvalue weighted by Crippen LogP contribution is 2.51. The number of β-lactam (4-membered cyclic amide) rings is 1. The fourth-order valence-electron chi connectivity index (χ4n) is 4.50. The monoisotopic (exact) mass is 430 g/mol. The van der Waals surface area contributed by atoms with Crippen molar-refractivity contribution < 1.29 is 24.2 Å². The number of carbonyl (C=O) groups is 2. The Balaban J connectivity index is 1.59. The van der Waals surface area contributed by atoms with Gasteiger partial charge in [-0.2, -0.15) is 0 Å². The Hall–Kier alpha value is -3.84. The fourth-order valence-corrected chi connectivity index (χ4v) is 4.50. The smallest absolute Gasteiger partial charge is 0.413 e. The van der Waals surface area contributed by atoms with Gasteiger partial charge in [-0.25, -0.2) is 4.79 Å². The maximum absolute atomic E-state index is 13.5. The number of nitrogens with zero attached hydrogens (tertiary/aromatic N) is 2. The van der Waals surface area contributed by atoms with E-state index < -0.39 is 29.8 Å². The molecule has 0 bridgehead atoms. The van der Waals surface area contributed by atoms with Crippen LogP contribution in [0.25, 0.3) is 0 Å². The third-order valence-electron chi connectivity index (χ3n) is 6.06. The molecule has 2 amide bonds.